The third kappa shape index (κ3) is 8.01. The van der Waals surface area contributed by atoms with Gasteiger partial charge in [0.15, 0.2) is 0 Å². The number of hydrogen-bond acceptors (Lipinski definition) is 4. The van der Waals surface area contributed by atoms with Gasteiger partial charge in [-0.05, 0) is 68.5 Å². The number of benzene rings is 1. The van der Waals surface area contributed by atoms with Crippen molar-refractivity contribution < 1.29 is 19.5 Å². The van der Waals surface area contributed by atoms with E-state index < -0.39 is 24.1 Å². The number of hydrogen-bond donors (Lipinski definition) is 5. The topological polar surface area (TPSA) is 134 Å². The fraction of sp³-hybridized carbons (Fsp3) is 0.654. The molecule has 0 heterocycles. The number of rotatable bonds is 11. The van der Waals surface area contributed by atoms with Crippen molar-refractivity contribution in [3.63, 3.8) is 0 Å². The van der Waals surface area contributed by atoms with Crippen LogP contribution in [0.15, 0.2) is 24.3 Å². The van der Waals surface area contributed by atoms with E-state index in [1.807, 2.05) is 12.1 Å². The normalized spacial score (nSPS) is 20.0. The molecule has 1 saturated carbocycles. The molecular formula is C26H40N4O4. The smallest absolute Gasteiger partial charge is 0.326 e. The van der Waals surface area contributed by atoms with Gasteiger partial charge in [-0.25, -0.2) is 9.59 Å². The van der Waals surface area contributed by atoms with Gasteiger partial charge in [0.2, 0.25) is 5.91 Å². The van der Waals surface area contributed by atoms with Crippen LogP contribution in [0.3, 0.4) is 0 Å². The lowest BCUT2D eigenvalue weighted by molar-refractivity contribution is -0.139. The summed E-state index contributed by atoms with van der Waals surface area (Å²) >= 11 is 0. The highest BCUT2D eigenvalue weighted by molar-refractivity contribution is 5.89. The van der Waals surface area contributed by atoms with Gasteiger partial charge in [-0.3, -0.25) is 4.79 Å². The van der Waals surface area contributed by atoms with Crippen molar-refractivity contribution in [2.45, 2.75) is 95.2 Å². The van der Waals surface area contributed by atoms with Crippen LogP contribution < -0.4 is 21.7 Å². The zero-order chi connectivity index (χ0) is 24.3. The van der Waals surface area contributed by atoms with E-state index in [4.69, 9.17) is 5.73 Å². The number of carbonyl (C=O) groups excluding carboxylic acids is 2. The molecule has 8 heteroatoms. The Hall–Kier alpha value is -2.61. The molecule has 188 valence electrons. The summed E-state index contributed by atoms with van der Waals surface area (Å²) in [5, 5.41) is 18.0. The predicted octanol–water partition coefficient (Wildman–Crippen LogP) is 2.88. The maximum absolute atomic E-state index is 13.3. The first-order chi connectivity index (χ1) is 16.5. The molecule has 6 N–H and O–H groups in total. The number of amides is 3. The lowest BCUT2D eigenvalue weighted by atomic mass is 9.84. The van der Waals surface area contributed by atoms with Gasteiger partial charge < -0.3 is 26.8 Å². The van der Waals surface area contributed by atoms with E-state index in [1.54, 1.807) is 0 Å². The van der Waals surface area contributed by atoms with Gasteiger partial charge in [0, 0.05) is 6.04 Å². The average Bonchev–Trinajstić information content (AvgIpc) is 2.83. The molecule has 8 nitrogen and oxygen atoms in total. The molecule has 3 amide bonds. The summed E-state index contributed by atoms with van der Waals surface area (Å²) in [4.78, 5) is 37.6. The van der Waals surface area contributed by atoms with E-state index in [0.29, 0.717) is 38.1 Å². The van der Waals surface area contributed by atoms with E-state index in [0.717, 1.165) is 44.9 Å². The van der Waals surface area contributed by atoms with Crippen LogP contribution in [0.2, 0.25) is 0 Å². The zero-order valence-electron chi connectivity index (χ0n) is 20.1. The summed E-state index contributed by atoms with van der Waals surface area (Å²) in [7, 11) is 0. The first-order valence-electron chi connectivity index (χ1n) is 12.8. The van der Waals surface area contributed by atoms with Crippen LogP contribution in [0.25, 0.3) is 0 Å². The molecule has 3 rings (SSSR count). The van der Waals surface area contributed by atoms with Gasteiger partial charge in [-0.2, -0.15) is 0 Å². The maximum atomic E-state index is 13.3. The van der Waals surface area contributed by atoms with Crippen LogP contribution in [-0.2, 0) is 22.4 Å². The third-order valence-electron chi connectivity index (χ3n) is 7.16. The Kier molecular flexibility index (Phi) is 10.2. The highest BCUT2D eigenvalue weighted by Gasteiger charge is 2.30. The second kappa shape index (κ2) is 13.3. The number of urea groups is 1. The number of carboxylic acids is 1. The second-order valence-corrected chi connectivity index (χ2v) is 9.80. The van der Waals surface area contributed by atoms with Crippen molar-refractivity contribution in [2.24, 2.45) is 11.7 Å². The van der Waals surface area contributed by atoms with Crippen molar-refractivity contribution in [3.05, 3.63) is 35.4 Å². The summed E-state index contributed by atoms with van der Waals surface area (Å²) < 4.78 is 0. The summed E-state index contributed by atoms with van der Waals surface area (Å²) in [6.07, 6.45) is 10.4. The van der Waals surface area contributed by atoms with Crippen LogP contribution in [0.5, 0.6) is 0 Å². The number of nitrogens with two attached hydrogens (primary N) is 1. The van der Waals surface area contributed by atoms with E-state index in [9.17, 15) is 19.5 Å². The zero-order valence-corrected chi connectivity index (χ0v) is 20.1. The molecule has 2 aliphatic carbocycles. The minimum atomic E-state index is -1.08. The van der Waals surface area contributed by atoms with Gasteiger partial charge in [0.1, 0.15) is 12.1 Å². The van der Waals surface area contributed by atoms with E-state index in [-0.39, 0.29) is 11.9 Å². The molecule has 1 aromatic rings. The molecule has 0 radical (unpaired) electrons. The highest BCUT2D eigenvalue weighted by atomic mass is 16.4. The molecule has 2 unspecified atom stereocenters. The van der Waals surface area contributed by atoms with Gasteiger partial charge >= 0.3 is 12.0 Å². The monoisotopic (exact) mass is 472 g/mol. The molecule has 1 aromatic carbocycles. The lowest BCUT2D eigenvalue weighted by Crippen LogP contribution is -2.55. The molecule has 0 aromatic heterocycles. The van der Waals surface area contributed by atoms with E-state index in [2.05, 4.69) is 28.1 Å². The molecule has 0 saturated heterocycles. The molecule has 34 heavy (non-hydrogen) atoms. The van der Waals surface area contributed by atoms with Crippen LogP contribution in [0.4, 0.5) is 4.79 Å². The van der Waals surface area contributed by atoms with Crippen LogP contribution in [0, 0.1) is 5.92 Å². The summed E-state index contributed by atoms with van der Waals surface area (Å²) in [5.74, 6) is -0.877. The molecule has 0 aliphatic heterocycles. The number of aryl methyl sites for hydroxylation is 1. The molecule has 0 bridgehead atoms. The van der Waals surface area contributed by atoms with Crippen molar-refractivity contribution in [1.29, 1.82) is 0 Å². The van der Waals surface area contributed by atoms with Crippen LogP contribution in [-0.4, -0.2) is 47.7 Å². The minimum absolute atomic E-state index is 0.0316. The standard InChI is InChI=1S/C26H40N4O4/c27-15-7-6-12-22(25(32)33)29-26(34)30-23(16-18-8-2-1-3-9-18)24(31)28-21-14-13-19-10-4-5-11-20(19)17-21/h4-5,10-11,18,21-23H,1-3,6-9,12-17,27H2,(H,28,31)(H,32,33)(H2,29,30,34)/t21?,22?,23-/m1/s1. The summed E-state index contributed by atoms with van der Waals surface area (Å²) in [6, 6.07) is 6.05. The second-order valence-electron chi connectivity index (χ2n) is 9.80. The number of nitrogens with one attached hydrogen (secondary N) is 3. The van der Waals surface area contributed by atoms with E-state index >= 15 is 0 Å². The quantitative estimate of drug-likeness (QED) is 0.316. The van der Waals surface area contributed by atoms with Gasteiger partial charge in [0.05, 0.1) is 0 Å². The van der Waals surface area contributed by atoms with Crippen molar-refractivity contribution in [2.75, 3.05) is 6.54 Å². The minimum Gasteiger partial charge on any atom is -0.480 e. The number of carbonyl (C=O) groups is 3. The maximum Gasteiger partial charge on any atom is 0.326 e. The fourth-order valence-corrected chi connectivity index (χ4v) is 5.22. The van der Waals surface area contributed by atoms with Gasteiger partial charge in [0.25, 0.3) is 0 Å². The van der Waals surface area contributed by atoms with Crippen LogP contribution >= 0.6 is 0 Å². The van der Waals surface area contributed by atoms with Crippen LogP contribution in [0.1, 0.15) is 75.3 Å². The molecule has 1 fully saturated rings. The van der Waals surface area contributed by atoms with E-state index in [1.165, 1.54) is 17.5 Å². The van der Waals surface area contributed by atoms with Gasteiger partial charge in [-0.15, -0.1) is 0 Å². The summed E-state index contributed by atoms with van der Waals surface area (Å²) in [5.41, 5.74) is 8.08. The lowest BCUT2D eigenvalue weighted by Gasteiger charge is -2.30. The molecule has 2 aliphatic rings. The molecular weight excluding hydrogens is 432 g/mol. The first-order valence-corrected chi connectivity index (χ1v) is 12.8. The van der Waals surface area contributed by atoms with Crippen molar-refractivity contribution >= 4 is 17.9 Å². The third-order valence-corrected chi connectivity index (χ3v) is 7.16. The Balaban J connectivity index is 1.61. The number of aliphatic carboxylic acids is 1. The molecule has 0 spiro atoms. The average molecular weight is 473 g/mol. The molecule has 3 atom stereocenters. The Morgan fingerprint density at radius 1 is 0.971 bits per heavy atom. The van der Waals surface area contributed by atoms with Crippen molar-refractivity contribution in [1.82, 2.24) is 16.0 Å². The SMILES string of the molecule is NCCCCC(NC(=O)N[C@H](CC1CCCCC1)C(=O)NC1CCc2ccccc2C1)C(=O)O. The Morgan fingerprint density at radius 3 is 2.38 bits per heavy atom. The summed E-state index contributed by atoms with van der Waals surface area (Å²) in [6.45, 7) is 0.480. The highest BCUT2D eigenvalue weighted by Crippen LogP contribution is 2.28. The van der Waals surface area contributed by atoms with Crippen molar-refractivity contribution in [3.8, 4) is 0 Å². The predicted molar refractivity (Wildman–Crippen MR) is 131 cm³/mol. The first kappa shape index (κ1) is 26.0. The largest absolute Gasteiger partial charge is 0.480 e. The number of carboxylic acid groups (broad SMARTS) is 1. The Morgan fingerprint density at radius 2 is 1.68 bits per heavy atom. The fourth-order valence-electron chi connectivity index (χ4n) is 5.22. The number of fused-ring (bicyclic) bond motifs is 1. The number of unbranched alkanes of at least 4 members (excludes halogenated alkanes) is 1. The Labute approximate surface area is 202 Å². The Bertz CT molecular complexity index is 825. The van der Waals surface area contributed by atoms with Gasteiger partial charge in [-0.1, -0.05) is 56.4 Å².